The fourth-order valence-corrected chi connectivity index (χ4v) is 11.6. The molecule has 0 spiro atoms. The van der Waals surface area contributed by atoms with Gasteiger partial charge in [0.25, 0.3) is 0 Å². The molecule has 8 bridgehead atoms. The van der Waals surface area contributed by atoms with Gasteiger partial charge in [-0.3, -0.25) is 9.59 Å². The molecule has 0 aliphatic heterocycles. The molecular weight excluding hydrogens is 640 g/mol. The van der Waals surface area contributed by atoms with Gasteiger partial charge in [0, 0.05) is 12.8 Å². The smallest absolute Gasteiger partial charge is 0.458 e. The van der Waals surface area contributed by atoms with Crippen molar-refractivity contribution in [3.8, 4) is 0 Å². The number of ether oxygens (including phenoxy) is 6. The molecule has 0 heterocycles. The molecular formula is C40H62O10. The minimum atomic E-state index is -0.977. The van der Waals surface area contributed by atoms with Crippen LogP contribution in [0.3, 0.4) is 0 Å². The second-order valence-corrected chi connectivity index (χ2v) is 20.5. The molecule has 8 aliphatic rings. The van der Waals surface area contributed by atoms with Crippen molar-refractivity contribution in [3.63, 3.8) is 0 Å². The maximum Gasteiger partial charge on any atom is 0.509 e. The monoisotopic (exact) mass is 702 g/mol. The summed E-state index contributed by atoms with van der Waals surface area (Å²) in [6, 6.07) is 0. The van der Waals surface area contributed by atoms with Gasteiger partial charge in [-0.05, 0) is 163 Å². The third-order valence-corrected chi connectivity index (χ3v) is 12.6. The van der Waals surface area contributed by atoms with E-state index in [4.69, 9.17) is 28.4 Å². The van der Waals surface area contributed by atoms with Crippen LogP contribution in [0.2, 0.25) is 0 Å². The van der Waals surface area contributed by atoms with Crippen LogP contribution >= 0.6 is 0 Å². The molecule has 0 amide bonds. The Labute approximate surface area is 298 Å². The van der Waals surface area contributed by atoms with Crippen LogP contribution in [0, 0.1) is 34.5 Å². The molecule has 0 N–H and O–H groups in total. The van der Waals surface area contributed by atoms with Gasteiger partial charge in [-0.1, -0.05) is 6.92 Å². The van der Waals surface area contributed by atoms with E-state index in [2.05, 4.69) is 0 Å². The van der Waals surface area contributed by atoms with Gasteiger partial charge in [0.2, 0.25) is 0 Å². The van der Waals surface area contributed by atoms with Crippen LogP contribution < -0.4 is 0 Å². The van der Waals surface area contributed by atoms with Crippen LogP contribution in [0.15, 0.2) is 0 Å². The first-order chi connectivity index (χ1) is 22.9. The van der Waals surface area contributed by atoms with Crippen LogP contribution in [0.5, 0.6) is 0 Å². The Balaban J connectivity index is 1.13. The summed E-state index contributed by atoms with van der Waals surface area (Å²) in [4.78, 5) is 54.1. The topological polar surface area (TPSA) is 124 Å². The highest BCUT2D eigenvalue weighted by atomic mass is 16.7. The SMILES string of the molecule is CCC(C)(CC(C)(C)C(=O)OC12CC3CC(CC(OC(=O)OC(C)(C)C)(C3)C1)C2)C(=O)OC12CC3CC(CC(OC(=O)OC(C)(C)C)(C3)C1)C2. The zero-order valence-corrected chi connectivity index (χ0v) is 32.3. The Kier molecular flexibility index (Phi) is 8.94. The Hall–Kier alpha value is -2.52. The van der Waals surface area contributed by atoms with Gasteiger partial charge in [0.05, 0.1) is 10.8 Å². The molecule has 8 aliphatic carbocycles. The van der Waals surface area contributed by atoms with Crippen LogP contribution in [0.25, 0.3) is 0 Å². The Morgan fingerprint density at radius 1 is 0.520 bits per heavy atom. The van der Waals surface area contributed by atoms with E-state index in [-0.39, 0.29) is 18.4 Å². The second-order valence-electron chi connectivity index (χ2n) is 20.5. The molecule has 0 saturated heterocycles. The van der Waals surface area contributed by atoms with Crippen LogP contribution in [0.1, 0.15) is 159 Å². The highest BCUT2D eigenvalue weighted by Gasteiger charge is 2.64. The number of hydrogen-bond acceptors (Lipinski definition) is 10. The third kappa shape index (κ3) is 7.65. The largest absolute Gasteiger partial charge is 0.509 e. The maximum absolute atomic E-state index is 14.3. The predicted molar refractivity (Wildman–Crippen MR) is 184 cm³/mol. The molecule has 0 aromatic heterocycles. The van der Waals surface area contributed by atoms with Crippen molar-refractivity contribution in [3.05, 3.63) is 0 Å². The fraction of sp³-hybridized carbons (Fsp3) is 0.900. The Morgan fingerprint density at radius 2 is 0.840 bits per heavy atom. The zero-order valence-electron chi connectivity index (χ0n) is 32.3. The molecule has 0 aromatic rings. The van der Waals surface area contributed by atoms with E-state index in [9.17, 15) is 19.2 Å². The van der Waals surface area contributed by atoms with Crippen molar-refractivity contribution < 1.29 is 47.6 Å². The molecule has 10 heteroatoms. The lowest BCUT2D eigenvalue weighted by Crippen LogP contribution is -2.63. The van der Waals surface area contributed by atoms with Gasteiger partial charge in [-0.15, -0.1) is 0 Å². The van der Waals surface area contributed by atoms with Gasteiger partial charge in [-0.25, -0.2) is 9.59 Å². The fourth-order valence-electron chi connectivity index (χ4n) is 11.6. The molecule has 50 heavy (non-hydrogen) atoms. The Morgan fingerprint density at radius 3 is 1.16 bits per heavy atom. The van der Waals surface area contributed by atoms with Gasteiger partial charge >= 0.3 is 24.2 Å². The molecule has 10 nitrogen and oxygen atoms in total. The molecule has 5 unspecified atom stereocenters. The molecule has 8 saturated carbocycles. The standard InChI is InChI=1S/C40H62O10/c1-11-36(10,30(42)46-38-16-27-13-28(17-38)21-40(20-27,24-38)50-32(44)48-34(5,6)7)22-35(8,9)29(41)45-37-14-25-12-26(15-37)19-39(18-25,23-37)49-31(43)47-33(2,3)4/h25-28H,11-24H2,1-10H3. The van der Waals surface area contributed by atoms with Gasteiger partial charge in [-0.2, -0.15) is 0 Å². The quantitative estimate of drug-likeness (QED) is 0.170. The van der Waals surface area contributed by atoms with E-state index >= 15 is 0 Å². The van der Waals surface area contributed by atoms with E-state index < -0.39 is 56.7 Å². The van der Waals surface area contributed by atoms with Crippen molar-refractivity contribution in [2.24, 2.45) is 34.5 Å². The second kappa shape index (κ2) is 12.0. The van der Waals surface area contributed by atoms with Gasteiger partial charge in [0.15, 0.2) is 0 Å². The summed E-state index contributed by atoms with van der Waals surface area (Å²) in [5, 5.41) is 0. The summed E-state index contributed by atoms with van der Waals surface area (Å²) in [6.07, 6.45) is 8.57. The first-order valence-corrected chi connectivity index (χ1v) is 19.2. The summed E-state index contributed by atoms with van der Waals surface area (Å²) in [5.41, 5.74) is -6.03. The lowest BCUT2D eigenvalue weighted by Gasteiger charge is -2.60. The summed E-state index contributed by atoms with van der Waals surface area (Å²) in [7, 11) is 0. The lowest BCUT2D eigenvalue weighted by molar-refractivity contribution is -0.233. The lowest BCUT2D eigenvalue weighted by atomic mass is 9.52. The highest BCUT2D eigenvalue weighted by Crippen LogP contribution is 2.62. The van der Waals surface area contributed by atoms with Crippen LogP contribution in [-0.4, -0.2) is 57.9 Å². The van der Waals surface area contributed by atoms with Crippen molar-refractivity contribution in [1.82, 2.24) is 0 Å². The molecule has 0 aromatic carbocycles. The molecule has 8 fully saturated rings. The summed E-state index contributed by atoms with van der Waals surface area (Å²) in [6.45, 7) is 18.5. The molecule has 282 valence electrons. The van der Waals surface area contributed by atoms with Crippen LogP contribution in [-0.2, 0) is 38.0 Å². The number of esters is 2. The van der Waals surface area contributed by atoms with Crippen molar-refractivity contribution in [2.45, 2.75) is 193 Å². The average Bonchev–Trinajstić information content (AvgIpc) is 2.87. The number of carbonyl (C=O) groups is 4. The van der Waals surface area contributed by atoms with Crippen molar-refractivity contribution in [2.75, 3.05) is 0 Å². The van der Waals surface area contributed by atoms with Crippen molar-refractivity contribution in [1.29, 1.82) is 0 Å². The number of carbonyl (C=O) groups excluding carboxylic acids is 4. The minimum Gasteiger partial charge on any atom is -0.458 e. The molecule has 5 atom stereocenters. The van der Waals surface area contributed by atoms with E-state index in [1.165, 1.54) is 0 Å². The minimum absolute atomic E-state index is 0.263. The van der Waals surface area contributed by atoms with E-state index in [1.807, 2.05) is 69.2 Å². The third-order valence-electron chi connectivity index (χ3n) is 12.6. The molecule has 0 radical (unpaired) electrons. The summed E-state index contributed by atoms with van der Waals surface area (Å²) < 4.78 is 36.3. The zero-order chi connectivity index (χ0) is 36.8. The van der Waals surface area contributed by atoms with Gasteiger partial charge < -0.3 is 28.4 Å². The van der Waals surface area contributed by atoms with E-state index in [0.29, 0.717) is 42.9 Å². The van der Waals surface area contributed by atoms with E-state index in [1.54, 1.807) is 0 Å². The van der Waals surface area contributed by atoms with Crippen molar-refractivity contribution >= 4 is 24.2 Å². The summed E-state index contributed by atoms with van der Waals surface area (Å²) in [5.74, 6) is 0.609. The number of hydrogen-bond donors (Lipinski definition) is 0. The van der Waals surface area contributed by atoms with Gasteiger partial charge in [0.1, 0.15) is 33.6 Å². The highest BCUT2D eigenvalue weighted by molar-refractivity contribution is 5.81. The normalized spacial score (nSPS) is 38.2. The Bertz CT molecular complexity index is 1350. The average molecular weight is 703 g/mol. The molecule has 8 rings (SSSR count). The van der Waals surface area contributed by atoms with Crippen LogP contribution in [0.4, 0.5) is 9.59 Å². The number of rotatable bonds is 9. The predicted octanol–water partition coefficient (Wildman–Crippen LogP) is 8.99. The maximum atomic E-state index is 14.3. The summed E-state index contributed by atoms with van der Waals surface area (Å²) >= 11 is 0. The van der Waals surface area contributed by atoms with E-state index in [0.717, 1.165) is 64.2 Å². The first kappa shape index (κ1) is 37.2. The first-order valence-electron chi connectivity index (χ1n) is 19.2.